The van der Waals surface area contributed by atoms with Gasteiger partial charge in [0.2, 0.25) is 0 Å². The topological polar surface area (TPSA) is 99.1 Å². The van der Waals surface area contributed by atoms with Crippen LogP contribution in [0.2, 0.25) is 5.02 Å². The van der Waals surface area contributed by atoms with E-state index in [0.717, 1.165) is 12.1 Å². The van der Waals surface area contributed by atoms with Gasteiger partial charge in [0.25, 0.3) is 0 Å². The van der Waals surface area contributed by atoms with E-state index in [4.69, 9.17) is 22.6 Å². The van der Waals surface area contributed by atoms with Crippen LogP contribution in [-0.2, 0) is 0 Å². The molecule has 0 aromatic heterocycles. The van der Waals surface area contributed by atoms with Gasteiger partial charge < -0.3 is 16.2 Å². The zero-order chi connectivity index (χ0) is 15.6. The van der Waals surface area contributed by atoms with Crippen LogP contribution in [0.1, 0.15) is 15.9 Å². The van der Waals surface area contributed by atoms with Gasteiger partial charge in [-0.2, -0.15) is 5.26 Å². The number of nitrogens with two attached hydrogens (primary N) is 1. The second kappa shape index (κ2) is 5.69. The Morgan fingerprint density at radius 1 is 1.38 bits per heavy atom. The molecule has 4 N–H and O–H groups in total. The van der Waals surface area contributed by atoms with E-state index in [1.807, 2.05) is 6.07 Å². The number of nitriles is 1. The first-order valence-corrected chi connectivity index (χ1v) is 6.09. The van der Waals surface area contributed by atoms with Crippen LogP contribution in [0.3, 0.4) is 0 Å². The van der Waals surface area contributed by atoms with Gasteiger partial charge in [-0.1, -0.05) is 11.6 Å². The van der Waals surface area contributed by atoms with E-state index in [9.17, 15) is 14.3 Å². The summed E-state index contributed by atoms with van der Waals surface area (Å²) in [6.45, 7) is 0. The number of nitrogens with one attached hydrogen (secondary N) is 1. The van der Waals surface area contributed by atoms with E-state index in [0.29, 0.717) is 0 Å². The fourth-order valence-corrected chi connectivity index (χ4v) is 2.05. The van der Waals surface area contributed by atoms with Gasteiger partial charge >= 0.3 is 5.97 Å². The molecule has 21 heavy (non-hydrogen) atoms. The summed E-state index contributed by atoms with van der Waals surface area (Å²) in [4.78, 5) is 11.2. The van der Waals surface area contributed by atoms with Gasteiger partial charge in [0.15, 0.2) is 0 Å². The second-order valence-corrected chi connectivity index (χ2v) is 4.56. The van der Waals surface area contributed by atoms with Crippen LogP contribution < -0.4 is 11.1 Å². The van der Waals surface area contributed by atoms with Crippen molar-refractivity contribution in [1.82, 2.24) is 0 Å². The Bertz CT molecular complexity index is 772. The van der Waals surface area contributed by atoms with Gasteiger partial charge in [0.05, 0.1) is 27.5 Å². The van der Waals surface area contributed by atoms with Crippen LogP contribution >= 0.6 is 11.6 Å². The van der Waals surface area contributed by atoms with Gasteiger partial charge in [-0.05, 0) is 30.3 Å². The predicted molar refractivity (Wildman–Crippen MR) is 77.2 cm³/mol. The molecule has 0 fully saturated rings. The monoisotopic (exact) mass is 305 g/mol. The van der Waals surface area contributed by atoms with E-state index >= 15 is 0 Å². The summed E-state index contributed by atoms with van der Waals surface area (Å²) in [5.41, 5.74) is 5.96. The lowest BCUT2D eigenvalue weighted by atomic mass is 10.1. The third-order valence-corrected chi connectivity index (χ3v) is 3.00. The molecule has 0 bridgehead atoms. The number of benzene rings is 2. The normalized spacial score (nSPS) is 9.95. The van der Waals surface area contributed by atoms with Crippen molar-refractivity contribution < 1.29 is 14.3 Å². The van der Waals surface area contributed by atoms with Crippen molar-refractivity contribution in [3.05, 3.63) is 52.3 Å². The number of hydrogen-bond donors (Lipinski definition) is 3. The molecule has 0 amide bonds. The van der Waals surface area contributed by atoms with Gasteiger partial charge in [0.1, 0.15) is 11.9 Å². The number of carboxylic acids is 1. The van der Waals surface area contributed by atoms with Crippen molar-refractivity contribution in [2.75, 3.05) is 11.1 Å². The zero-order valence-corrected chi connectivity index (χ0v) is 11.3. The largest absolute Gasteiger partial charge is 0.478 e. The molecule has 0 aliphatic heterocycles. The summed E-state index contributed by atoms with van der Waals surface area (Å²) in [5, 5.41) is 21.0. The first-order chi connectivity index (χ1) is 9.92. The molecule has 106 valence electrons. The summed E-state index contributed by atoms with van der Waals surface area (Å²) in [7, 11) is 0. The Kier molecular flexibility index (Phi) is 3.96. The molecule has 0 aliphatic carbocycles. The number of aromatic carboxylic acids is 1. The predicted octanol–water partition coefficient (Wildman–Crippen LogP) is 3.37. The molecule has 0 saturated heterocycles. The Morgan fingerprint density at radius 2 is 2.10 bits per heavy atom. The van der Waals surface area contributed by atoms with E-state index in [2.05, 4.69) is 5.32 Å². The van der Waals surface area contributed by atoms with Crippen molar-refractivity contribution in [3.8, 4) is 6.07 Å². The Labute approximate surface area is 124 Å². The molecule has 5 nitrogen and oxygen atoms in total. The Hall–Kier alpha value is -2.78. The standard InChI is InChI=1S/C14H9ClFN3O2/c15-11-5-9(18)4-10(14(20)21)13(11)19-12-2-1-8(16)3-7(12)6-17/h1-5,19H,18H2,(H,20,21). The van der Waals surface area contributed by atoms with E-state index in [-0.39, 0.29) is 33.2 Å². The van der Waals surface area contributed by atoms with Crippen molar-refractivity contribution in [2.24, 2.45) is 0 Å². The molecule has 7 heteroatoms. The quantitative estimate of drug-likeness (QED) is 0.755. The molecule has 0 spiro atoms. The number of anilines is 3. The number of rotatable bonds is 3. The highest BCUT2D eigenvalue weighted by atomic mass is 35.5. The summed E-state index contributed by atoms with van der Waals surface area (Å²) >= 11 is 5.99. The minimum Gasteiger partial charge on any atom is -0.478 e. The van der Waals surface area contributed by atoms with Crippen molar-refractivity contribution >= 4 is 34.6 Å². The molecule has 0 saturated carbocycles. The molecule has 0 aliphatic rings. The fraction of sp³-hybridized carbons (Fsp3) is 0. The van der Waals surface area contributed by atoms with Crippen LogP contribution in [0.4, 0.5) is 21.5 Å². The number of carboxylic acid groups (broad SMARTS) is 1. The Balaban J connectivity index is 2.55. The minimum atomic E-state index is -1.23. The SMILES string of the molecule is N#Cc1cc(F)ccc1Nc1c(Cl)cc(N)cc1C(=O)O. The van der Waals surface area contributed by atoms with Crippen LogP contribution in [0, 0.1) is 17.1 Å². The molecule has 0 unspecified atom stereocenters. The lowest BCUT2D eigenvalue weighted by molar-refractivity contribution is 0.0698. The average Bonchev–Trinajstić information content (AvgIpc) is 2.42. The summed E-state index contributed by atoms with van der Waals surface area (Å²) in [5.74, 6) is -1.80. The van der Waals surface area contributed by atoms with Gasteiger partial charge in [-0.25, -0.2) is 9.18 Å². The van der Waals surface area contributed by atoms with Crippen LogP contribution in [0.15, 0.2) is 30.3 Å². The number of hydrogen-bond acceptors (Lipinski definition) is 4. The lowest BCUT2D eigenvalue weighted by Gasteiger charge is -2.13. The van der Waals surface area contributed by atoms with E-state index < -0.39 is 11.8 Å². The van der Waals surface area contributed by atoms with E-state index in [1.54, 1.807) is 0 Å². The lowest BCUT2D eigenvalue weighted by Crippen LogP contribution is -2.05. The van der Waals surface area contributed by atoms with Gasteiger partial charge in [-0.3, -0.25) is 0 Å². The highest BCUT2D eigenvalue weighted by Crippen LogP contribution is 2.33. The molecular formula is C14H9ClFN3O2. The van der Waals surface area contributed by atoms with E-state index in [1.165, 1.54) is 18.2 Å². The van der Waals surface area contributed by atoms with Crippen LogP contribution in [0.25, 0.3) is 0 Å². The van der Waals surface area contributed by atoms with Gasteiger partial charge in [0, 0.05) is 5.69 Å². The highest BCUT2D eigenvalue weighted by Gasteiger charge is 2.16. The molecule has 2 aromatic carbocycles. The molecule has 2 rings (SSSR count). The fourth-order valence-electron chi connectivity index (χ4n) is 1.78. The smallest absolute Gasteiger partial charge is 0.337 e. The molecule has 0 heterocycles. The zero-order valence-electron chi connectivity index (χ0n) is 10.5. The maximum atomic E-state index is 13.1. The van der Waals surface area contributed by atoms with Gasteiger partial charge in [-0.15, -0.1) is 0 Å². The van der Waals surface area contributed by atoms with Crippen molar-refractivity contribution in [2.45, 2.75) is 0 Å². The summed E-state index contributed by atoms with van der Waals surface area (Å²) in [6.07, 6.45) is 0. The summed E-state index contributed by atoms with van der Waals surface area (Å²) in [6, 6.07) is 7.95. The Morgan fingerprint density at radius 3 is 2.71 bits per heavy atom. The number of carbonyl (C=O) groups is 1. The maximum Gasteiger partial charge on any atom is 0.337 e. The number of nitrogens with zero attached hydrogens (tertiary/aromatic N) is 1. The molecule has 2 aromatic rings. The van der Waals surface area contributed by atoms with Crippen molar-refractivity contribution in [1.29, 1.82) is 5.26 Å². The maximum absolute atomic E-state index is 13.1. The minimum absolute atomic E-state index is 0.0271. The first kappa shape index (κ1) is 14.6. The number of halogens is 2. The van der Waals surface area contributed by atoms with Crippen LogP contribution in [0.5, 0.6) is 0 Å². The molecular weight excluding hydrogens is 297 g/mol. The molecule has 0 radical (unpaired) electrons. The third kappa shape index (κ3) is 3.04. The molecule has 0 atom stereocenters. The number of nitrogen functional groups attached to an aromatic ring is 1. The van der Waals surface area contributed by atoms with Crippen LogP contribution in [-0.4, -0.2) is 11.1 Å². The first-order valence-electron chi connectivity index (χ1n) is 5.71. The average molecular weight is 306 g/mol. The van der Waals surface area contributed by atoms with Crippen molar-refractivity contribution in [3.63, 3.8) is 0 Å². The summed E-state index contributed by atoms with van der Waals surface area (Å²) < 4.78 is 13.1. The highest BCUT2D eigenvalue weighted by molar-refractivity contribution is 6.34. The second-order valence-electron chi connectivity index (χ2n) is 4.16. The third-order valence-electron chi connectivity index (χ3n) is 2.70.